The van der Waals surface area contributed by atoms with Crippen molar-refractivity contribution in [2.45, 2.75) is 13.8 Å². The molecule has 128 valence electrons. The Bertz CT molecular complexity index is 711. The van der Waals surface area contributed by atoms with Crippen molar-refractivity contribution in [2.24, 2.45) is 0 Å². The third-order valence-corrected chi connectivity index (χ3v) is 4.27. The molecule has 0 aromatic heterocycles. The fourth-order valence-electron chi connectivity index (χ4n) is 2.90. The first-order valence-electron chi connectivity index (χ1n) is 8.83. The summed E-state index contributed by atoms with van der Waals surface area (Å²) in [6.07, 6.45) is 0. The molecular formula is C22H25N3. The zero-order valence-corrected chi connectivity index (χ0v) is 14.9. The van der Waals surface area contributed by atoms with Gasteiger partial charge >= 0.3 is 0 Å². The van der Waals surface area contributed by atoms with Crippen molar-refractivity contribution < 1.29 is 0 Å². The van der Waals surface area contributed by atoms with Crippen LogP contribution in [-0.2, 0) is 0 Å². The van der Waals surface area contributed by atoms with E-state index in [1.165, 1.54) is 5.69 Å². The lowest BCUT2D eigenvalue weighted by atomic mass is 10.2. The predicted molar refractivity (Wildman–Crippen MR) is 109 cm³/mol. The highest BCUT2D eigenvalue weighted by Crippen LogP contribution is 2.26. The van der Waals surface area contributed by atoms with Gasteiger partial charge in [0, 0.05) is 18.8 Å². The summed E-state index contributed by atoms with van der Waals surface area (Å²) in [6.45, 7) is 6.40. The van der Waals surface area contributed by atoms with Gasteiger partial charge in [-0.15, -0.1) is 0 Å². The van der Waals surface area contributed by atoms with Crippen LogP contribution in [0.4, 0.5) is 22.7 Å². The fraction of sp³-hybridized carbons (Fsp3) is 0.182. The number of nitrogens with one attached hydrogen (secondary N) is 1. The molecule has 3 rings (SSSR count). The second kappa shape index (κ2) is 8.25. The van der Waals surface area contributed by atoms with Crippen molar-refractivity contribution in [3.05, 3.63) is 84.9 Å². The van der Waals surface area contributed by atoms with Gasteiger partial charge in [0.1, 0.15) is 0 Å². The molecule has 0 spiro atoms. The lowest BCUT2D eigenvalue weighted by molar-refractivity contribution is 0.866. The Hall–Kier alpha value is -2.94. The van der Waals surface area contributed by atoms with Crippen LogP contribution in [0.5, 0.6) is 0 Å². The van der Waals surface area contributed by atoms with E-state index in [-0.39, 0.29) is 0 Å². The summed E-state index contributed by atoms with van der Waals surface area (Å²) in [5, 5.41) is 2.10. The van der Waals surface area contributed by atoms with E-state index in [4.69, 9.17) is 0 Å². The molecule has 3 nitrogen and oxygen atoms in total. The molecule has 0 heterocycles. The minimum Gasteiger partial charge on any atom is -0.372 e. The summed E-state index contributed by atoms with van der Waals surface area (Å²) in [4.78, 5) is 2.34. The molecule has 0 saturated heterocycles. The van der Waals surface area contributed by atoms with E-state index >= 15 is 0 Å². The first-order valence-corrected chi connectivity index (χ1v) is 8.83. The maximum atomic E-state index is 3.53. The number of hydrazine groups is 1. The lowest BCUT2D eigenvalue weighted by Crippen LogP contribution is -2.24. The number of benzene rings is 3. The van der Waals surface area contributed by atoms with Crippen LogP contribution in [0, 0.1) is 0 Å². The molecule has 0 bridgehead atoms. The number of anilines is 4. The molecule has 3 aromatic carbocycles. The molecule has 3 heteroatoms. The topological polar surface area (TPSA) is 18.5 Å². The van der Waals surface area contributed by atoms with Crippen LogP contribution in [0.3, 0.4) is 0 Å². The van der Waals surface area contributed by atoms with Crippen molar-refractivity contribution >= 4 is 22.7 Å². The van der Waals surface area contributed by atoms with Gasteiger partial charge < -0.3 is 4.90 Å². The quantitative estimate of drug-likeness (QED) is 0.560. The van der Waals surface area contributed by atoms with Gasteiger partial charge in [0.2, 0.25) is 0 Å². The number of hydrogen-bond donors (Lipinski definition) is 1. The molecule has 0 radical (unpaired) electrons. The highest BCUT2D eigenvalue weighted by molar-refractivity contribution is 5.68. The van der Waals surface area contributed by atoms with Crippen molar-refractivity contribution in [3.8, 4) is 0 Å². The van der Waals surface area contributed by atoms with Crippen molar-refractivity contribution in [2.75, 3.05) is 28.4 Å². The Morgan fingerprint density at radius 2 is 1.08 bits per heavy atom. The molecular weight excluding hydrogens is 306 g/mol. The third-order valence-electron chi connectivity index (χ3n) is 4.27. The van der Waals surface area contributed by atoms with Gasteiger partial charge in [-0.1, -0.05) is 36.4 Å². The second-order valence-corrected chi connectivity index (χ2v) is 5.84. The van der Waals surface area contributed by atoms with Crippen molar-refractivity contribution in [1.29, 1.82) is 0 Å². The second-order valence-electron chi connectivity index (χ2n) is 5.84. The summed E-state index contributed by atoms with van der Waals surface area (Å²) >= 11 is 0. The first-order chi connectivity index (χ1) is 12.3. The maximum Gasteiger partial charge on any atom is 0.0630 e. The Morgan fingerprint density at radius 3 is 1.52 bits per heavy atom. The van der Waals surface area contributed by atoms with Crippen LogP contribution in [0.15, 0.2) is 84.9 Å². The van der Waals surface area contributed by atoms with Gasteiger partial charge in [0.25, 0.3) is 0 Å². The smallest absolute Gasteiger partial charge is 0.0630 e. The minimum atomic E-state index is 1.02. The van der Waals surface area contributed by atoms with E-state index in [1.54, 1.807) is 0 Å². The van der Waals surface area contributed by atoms with Crippen LogP contribution in [0.25, 0.3) is 0 Å². The molecule has 0 aliphatic heterocycles. The van der Waals surface area contributed by atoms with Gasteiger partial charge in [0.05, 0.1) is 17.1 Å². The number of nitrogens with zero attached hydrogens (tertiary/aromatic N) is 2. The molecule has 0 aliphatic rings. The highest BCUT2D eigenvalue weighted by atomic mass is 15.5. The van der Waals surface area contributed by atoms with E-state index < -0.39 is 0 Å². The van der Waals surface area contributed by atoms with Gasteiger partial charge in [-0.05, 0) is 62.4 Å². The van der Waals surface area contributed by atoms with Crippen LogP contribution in [-0.4, -0.2) is 13.1 Å². The maximum absolute atomic E-state index is 3.53. The molecule has 0 amide bonds. The summed E-state index contributed by atoms with van der Waals surface area (Å²) in [6, 6.07) is 29.3. The van der Waals surface area contributed by atoms with E-state index in [0.29, 0.717) is 0 Å². The van der Waals surface area contributed by atoms with Crippen LogP contribution >= 0.6 is 0 Å². The average molecular weight is 331 g/mol. The Morgan fingerprint density at radius 1 is 0.600 bits per heavy atom. The van der Waals surface area contributed by atoms with Gasteiger partial charge in [-0.25, -0.2) is 0 Å². The SMILES string of the molecule is CCN(CC)c1ccc(NN(c2ccccc2)c2ccccc2)cc1. The molecule has 0 saturated carbocycles. The average Bonchev–Trinajstić information content (AvgIpc) is 2.69. The Labute approximate surface area is 150 Å². The van der Waals surface area contributed by atoms with E-state index in [1.807, 2.05) is 12.1 Å². The summed E-state index contributed by atoms with van der Waals surface area (Å²) in [5.41, 5.74) is 8.04. The van der Waals surface area contributed by atoms with Gasteiger partial charge in [-0.2, -0.15) is 0 Å². The molecule has 0 unspecified atom stereocenters. The van der Waals surface area contributed by atoms with Crippen LogP contribution < -0.4 is 15.3 Å². The predicted octanol–water partition coefficient (Wildman–Crippen LogP) is 5.70. The van der Waals surface area contributed by atoms with E-state index in [0.717, 1.165) is 30.2 Å². The summed E-state index contributed by atoms with van der Waals surface area (Å²) in [5.74, 6) is 0. The summed E-state index contributed by atoms with van der Waals surface area (Å²) < 4.78 is 0. The largest absolute Gasteiger partial charge is 0.372 e. The molecule has 0 aliphatic carbocycles. The molecule has 1 N–H and O–H groups in total. The van der Waals surface area contributed by atoms with Crippen molar-refractivity contribution in [1.82, 2.24) is 0 Å². The minimum absolute atomic E-state index is 1.02. The summed E-state index contributed by atoms with van der Waals surface area (Å²) in [7, 11) is 0. The lowest BCUT2D eigenvalue weighted by Gasteiger charge is -2.27. The zero-order valence-electron chi connectivity index (χ0n) is 14.9. The standard InChI is InChI=1S/C22H25N3/c1-3-24(4-2)20-17-15-19(16-18-20)23-25(21-11-7-5-8-12-21)22-13-9-6-10-14-22/h5-18,23H,3-4H2,1-2H3. The number of para-hydroxylation sites is 2. The molecule has 25 heavy (non-hydrogen) atoms. The number of hydrogen-bond acceptors (Lipinski definition) is 3. The van der Waals surface area contributed by atoms with Crippen LogP contribution in [0.1, 0.15) is 13.8 Å². The molecule has 3 aromatic rings. The van der Waals surface area contributed by atoms with Gasteiger partial charge in [-0.3, -0.25) is 10.4 Å². The van der Waals surface area contributed by atoms with Crippen LogP contribution in [0.2, 0.25) is 0 Å². The zero-order chi connectivity index (χ0) is 17.5. The van der Waals surface area contributed by atoms with E-state index in [9.17, 15) is 0 Å². The third kappa shape index (κ3) is 4.13. The van der Waals surface area contributed by atoms with Crippen molar-refractivity contribution in [3.63, 3.8) is 0 Å². The Kier molecular flexibility index (Phi) is 5.57. The number of rotatable bonds is 7. The fourth-order valence-corrected chi connectivity index (χ4v) is 2.90. The Balaban J connectivity index is 1.86. The highest BCUT2D eigenvalue weighted by Gasteiger charge is 2.09. The monoisotopic (exact) mass is 331 g/mol. The molecule has 0 fully saturated rings. The van der Waals surface area contributed by atoms with E-state index in [2.05, 4.69) is 102 Å². The van der Waals surface area contributed by atoms with Gasteiger partial charge in [0.15, 0.2) is 0 Å². The first kappa shape index (κ1) is 16.9. The molecule has 0 atom stereocenters. The normalized spacial score (nSPS) is 10.3.